The molecule has 0 saturated carbocycles. The fraction of sp³-hybridized carbons (Fsp3) is 0.333. The highest BCUT2D eigenvalue weighted by Crippen LogP contribution is 2.22. The Morgan fingerprint density at radius 1 is 1.25 bits per heavy atom. The van der Waals surface area contributed by atoms with E-state index in [1.54, 1.807) is 35.6 Å². The van der Waals surface area contributed by atoms with Gasteiger partial charge in [0.2, 0.25) is 0 Å². The maximum Gasteiger partial charge on any atom is 0.251 e. The third-order valence-electron chi connectivity index (χ3n) is 4.63. The summed E-state index contributed by atoms with van der Waals surface area (Å²) in [6.45, 7) is 4.69. The van der Waals surface area contributed by atoms with Gasteiger partial charge in [-0.05, 0) is 63.7 Å². The van der Waals surface area contributed by atoms with E-state index in [-0.39, 0.29) is 11.9 Å². The fourth-order valence-electron chi connectivity index (χ4n) is 2.88. The van der Waals surface area contributed by atoms with Crippen molar-refractivity contribution in [3.8, 4) is 5.75 Å². The molecule has 28 heavy (non-hydrogen) atoms. The molecule has 0 saturated heterocycles. The van der Waals surface area contributed by atoms with E-state index >= 15 is 0 Å². The second kappa shape index (κ2) is 9.03. The predicted molar refractivity (Wildman–Crippen MR) is 110 cm³/mol. The summed E-state index contributed by atoms with van der Waals surface area (Å²) in [5.41, 5.74) is 2.38. The average Bonchev–Trinajstić information content (AvgIpc) is 3.31. The van der Waals surface area contributed by atoms with Gasteiger partial charge in [-0.25, -0.2) is 0 Å². The number of carbonyl (C=O) groups excluding carboxylic acids is 1. The molecule has 0 aliphatic carbocycles. The molecule has 3 rings (SSSR count). The number of hydrogen-bond donors (Lipinski definition) is 1. The van der Waals surface area contributed by atoms with Gasteiger partial charge < -0.3 is 19.5 Å². The largest absolute Gasteiger partial charge is 0.489 e. The van der Waals surface area contributed by atoms with Gasteiger partial charge >= 0.3 is 0 Å². The third kappa shape index (κ3) is 4.79. The van der Waals surface area contributed by atoms with Crippen LogP contribution in [0.4, 0.5) is 0 Å². The van der Waals surface area contributed by atoms with Crippen molar-refractivity contribution < 1.29 is 14.1 Å². The van der Waals surface area contributed by atoms with Gasteiger partial charge in [0.1, 0.15) is 18.1 Å². The smallest absolute Gasteiger partial charge is 0.251 e. The van der Waals surface area contributed by atoms with Crippen molar-refractivity contribution in [2.24, 2.45) is 0 Å². The number of aromatic nitrogens is 1. The second-order valence-corrected chi connectivity index (χ2v) is 7.80. The minimum absolute atomic E-state index is 0.0966. The predicted octanol–water partition coefficient (Wildman–Crippen LogP) is 3.96. The molecule has 0 aliphatic rings. The van der Waals surface area contributed by atoms with Crippen molar-refractivity contribution in [1.82, 2.24) is 15.4 Å². The maximum atomic E-state index is 12.5. The maximum absolute atomic E-state index is 12.5. The lowest BCUT2D eigenvalue weighted by Crippen LogP contribution is -2.34. The topological polar surface area (TPSA) is 67.6 Å². The first kappa shape index (κ1) is 20.1. The van der Waals surface area contributed by atoms with Gasteiger partial charge in [-0.1, -0.05) is 11.2 Å². The number of aryl methyl sites for hydroxylation is 2. The number of carbonyl (C=O) groups is 1. The molecule has 0 radical (unpaired) electrons. The van der Waals surface area contributed by atoms with Crippen LogP contribution in [0, 0.1) is 13.8 Å². The minimum Gasteiger partial charge on any atom is -0.489 e. The number of thiophene rings is 1. The highest BCUT2D eigenvalue weighted by molar-refractivity contribution is 7.10. The van der Waals surface area contributed by atoms with E-state index in [0.29, 0.717) is 24.5 Å². The molecule has 148 valence electrons. The lowest BCUT2D eigenvalue weighted by molar-refractivity contribution is 0.0942. The summed E-state index contributed by atoms with van der Waals surface area (Å²) in [7, 11) is 4.03. The Bertz CT molecular complexity index is 882. The first-order chi connectivity index (χ1) is 13.5. The summed E-state index contributed by atoms with van der Waals surface area (Å²) in [4.78, 5) is 15.8. The van der Waals surface area contributed by atoms with Crippen molar-refractivity contribution in [3.05, 3.63) is 69.2 Å². The van der Waals surface area contributed by atoms with Crippen LogP contribution >= 0.6 is 11.3 Å². The molecular weight excluding hydrogens is 374 g/mol. The van der Waals surface area contributed by atoms with E-state index < -0.39 is 0 Å². The van der Waals surface area contributed by atoms with Gasteiger partial charge in [0.05, 0.1) is 17.3 Å². The Hall–Kier alpha value is -2.64. The fourth-order valence-corrected chi connectivity index (χ4v) is 3.80. The van der Waals surface area contributed by atoms with Gasteiger partial charge in [0.25, 0.3) is 5.91 Å². The van der Waals surface area contributed by atoms with Gasteiger partial charge in [-0.15, -0.1) is 11.3 Å². The monoisotopic (exact) mass is 399 g/mol. The SMILES string of the molecule is Cc1noc(C)c1COc1ccc(C(=O)NCC(c2cccs2)N(C)C)cc1. The molecule has 6 nitrogen and oxygen atoms in total. The number of nitrogens with one attached hydrogen (secondary N) is 1. The zero-order valence-corrected chi connectivity index (χ0v) is 17.4. The number of likely N-dealkylation sites (N-methyl/N-ethyl adjacent to an activating group) is 1. The van der Waals surface area contributed by atoms with Crippen LogP contribution in [-0.4, -0.2) is 36.6 Å². The molecule has 1 amide bonds. The number of ether oxygens (including phenoxy) is 1. The Morgan fingerprint density at radius 3 is 2.57 bits per heavy atom. The van der Waals surface area contributed by atoms with Gasteiger partial charge in [0, 0.05) is 17.0 Å². The molecule has 7 heteroatoms. The Kier molecular flexibility index (Phi) is 6.49. The summed E-state index contributed by atoms with van der Waals surface area (Å²) >= 11 is 1.69. The molecule has 0 spiro atoms. The standard InChI is InChI=1S/C21H25N3O3S/c1-14-18(15(2)27-23-14)13-26-17-9-7-16(8-10-17)21(25)22-12-19(24(3)4)20-6-5-11-28-20/h5-11,19H,12-13H2,1-4H3,(H,22,25). The highest BCUT2D eigenvalue weighted by Gasteiger charge is 2.17. The van der Waals surface area contributed by atoms with Crippen LogP contribution in [0.2, 0.25) is 0 Å². The first-order valence-electron chi connectivity index (χ1n) is 9.08. The van der Waals surface area contributed by atoms with Crippen molar-refractivity contribution in [2.45, 2.75) is 26.5 Å². The number of benzene rings is 1. The molecule has 0 aliphatic heterocycles. The molecule has 1 N–H and O–H groups in total. The molecule has 0 bridgehead atoms. The molecule has 2 heterocycles. The van der Waals surface area contributed by atoms with Crippen LogP contribution in [-0.2, 0) is 6.61 Å². The van der Waals surface area contributed by atoms with E-state index in [1.807, 2.05) is 34.0 Å². The zero-order valence-electron chi connectivity index (χ0n) is 16.6. The Morgan fingerprint density at radius 2 is 2.00 bits per heavy atom. The number of amides is 1. The first-order valence-corrected chi connectivity index (χ1v) is 9.96. The highest BCUT2D eigenvalue weighted by atomic mass is 32.1. The van der Waals surface area contributed by atoms with Gasteiger partial charge in [0.15, 0.2) is 0 Å². The van der Waals surface area contributed by atoms with Gasteiger partial charge in [-0.2, -0.15) is 0 Å². The molecule has 3 aromatic rings. The number of nitrogens with zero attached hydrogens (tertiary/aromatic N) is 2. The van der Waals surface area contributed by atoms with E-state index in [9.17, 15) is 4.79 Å². The normalized spacial score (nSPS) is 12.2. The van der Waals surface area contributed by atoms with Crippen LogP contribution in [0.15, 0.2) is 46.3 Å². The summed E-state index contributed by atoms with van der Waals surface area (Å²) in [5.74, 6) is 1.36. The van der Waals surface area contributed by atoms with E-state index in [2.05, 4.69) is 26.8 Å². The van der Waals surface area contributed by atoms with Crippen molar-refractivity contribution in [1.29, 1.82) is 0 Å². The second-order valence-electron chi connectivity index (χ2n) is 6.82. The number of rotatable bonds is 8. The van der Waals surface area contributed by atoms with Gasteiger partial charge in [-0.3, -0.25) is 4.79 Å². The van der Waals surface area contributed by atoms with Crippen LogP contribution in [0.1, 0.15) is 38.3 Å². The molecule has 1 unspecified atom stereocenters. The van der Waals surface area contributed by atoms with Crippen molar-refractivity contribution >= 4 is 17.2 Å². The zero-order chi connectivity index (χ0) is 20.1. The van der Waals surface area contributed by atoms with Crippen LogP contribution in [0.3, 0.4) is 0 Å². The molecule has 2 aromatic heterocycles. The minimum atomic E-state index is -0.0966. The van der Waals surface area contributed by atoms with E-state index in [4.69, 9.17) is 9.26 Å². The van der Waals surface area contributed by atoms with Crippen molar-refractivity contribution in [2.75, 3.05) is 20.6 Å². The van der Waals surface area contributed by atoms with Crippen LogP contribution < -0.4 is 10.1 Å². The molecule has 0 fully saturated rings. The summed E-state index contributed by atoms with van der Waals surface area (Å²) in [6.07, 6.45) is 0. The average molecular weight is 400 g/mol. The lowest BCUT2D eigenvalue weighted by Gasteiger charge is -2.23. The quantitative estimate of drug-likeness (QED) is 0.621. The molecule has 1 aromatic carbocycles. The Balaban J connectivity index is 1.56. The van der Waals surface area contributed by atoms with E-state index in [1.165, 1.54) is 4.88 Å². The number of hydrogen-bond acceptors (Lipinski definition) is 6. The van der Waals surface area contributed by atoms with Crippen LogP contribution in [0.5, 0.6) is 5.75 Å². The lowest BCUT2D eigenvalue weighted by atomic mass is 10.1. The summed E-state index contributed by atoms with van der Waals surface area (Å²) in [6, 6.07) is 11.4. The van der Waals surface area contributed by atoms with E-state index in [0.717, 1.165) is 17.0 Å². The van der Waals surface area contributed by atoms with Crippen molar-refractivity contribution in [3.63, 3.8) is 0 Å². The van der Waals surface area contributed by atoms with Crippen LogP contribution in [0.25, 0.3) is 0 Å². The Labute approximate surface area is 169 Å². The third-order valence-corrected chi connectivity index (χ3v) is 5.61. The molecule has 1 atom stereocenters. The summed E-state index contributed by atoms with van der Waals surface area (Å²) < 4.78 is 10.9. The summed E-state index contributed by atoms with van der Waals surface area (Å²) in [5, 5.41) is 8.99. The molecular formula is C21H25N3O3S.